The number of halogens is 1. The molecule has 4 nitrogen and oxygen atoms in total. The number of benzene rings is 1. The van der Waals surface area contributed by atoms with Gasteiger partial charge in [0.15, 0.2) is 5.96 Å². The van der Waals surface area contributed by atoms with E-state index in [1.54, 1.807) is 0 Å². The van der Waals surface area contributed by atoms with Crippen molar-refractivity contribution in [3.63, 3.8) is 0 Å². The summed E-state index contributed by atoms with van der Waals surface area (Å²) in [5, 5.41) is 6.74. The molecule has 1 heterocycles. The molecule has 5 heteroatoms. The first-order valence-electron chi connectivity index (χ1n) is 8.40. The van der Waals surface area contributed by atoms with Crippen LogP contribution < -0.4 is 10.6 Å². The summed E-state index contributed by atoms with van der Waals surface area (Å²) in [6.07, 6.45) is 3.30. The van der Waals surface area contributed by atoms with Crippen LogP contribution in [0.2, 0.25) is 0 Å². The Morgan fingerprint density at radius 2 is 1.96 bits per heavy atom. The molecule has 1 unspecified atom stereocenters. The molecule has 0 amide bonds. The Balaban J connectivity index is 0.00000264. The molecule has 2 N–H and O–H groups in total. The molecule has 0 aliphatic carbocycles. The van der Waals surface area contributed by atoms with Gasteiger partial charge in [0.2, 0.25) is 0 Å². The molecule has 1 saturated heterocycles. The van der Waals surface area contributed by atoms with E-state index in [1.807, 2.05) is 0 Å². The number of aliphatic imine (C=N–C) groups is 1. The lowest BCUT2D eigenvalue weighted by molar-refractivity contribution is 0.0243. The highest BCUT2D eigenvalue weighted by Gasteiger charge is 2.29. The van der Waals surface area contributed by atoms with Crippen LogP contribution in [0.15, 0.2) is 29.3 Å². The largest absolute Gasteiger partial charge is 0.373 e. The van der Waals surface area contributed by atoms with E-state index in [9.17, 15) is 0 Å². The quantitative estimate of drug-likeness (QED) is 0.412. The number of nitrogens with one attached hydrogen (secondary N) is 2. The van der Waals surface area contributed by atoms with Crippen molar-refractivity contribution in [3.05, 3.63) is 35.4 Å². The van der Waals surface area contributed by atoms with Crippen molar-refractivity contribution in [1.82, 2.24) is 10.6 Å². The van der Waals surface area contributed by atoms with Crippen LogP contribution >= 0.6 is 24.0 Å². The number of nitrogens with zero attached hydrogens (tertiary/aromatic N) is 1. The van der Waals surface area contributed by atoms with Gasteiger partial charge in [-0.2, -0.15) is 0 Å². The lowest BCUT2D eigenvalue weighted by atomic mass is 10.0. The molecule has 130 valence electrons. The maximum absolute atomic E-state index is 5.82. The first-order chi connectivity index (χ1) is 10.7. The third-order valence-corrected chi connectivity index (χ3v) is 4.18. The monoisotopic (exact) mass is 431 g/mol. The number of guanidine groups is 1. The number of hydrogen-bond acceptors (Lipinski definition) is 2. The van der Waals surface area contributed by atoms with E-state index in [2.05, 4.69) is 55.7 Å². The zero-order valence-corrected chi connectivity index (χ0v) is 16.9. The Kier molecular flexibility index (Phi) is 8.91. The van der Waals surface area contributed by atoms with Crippen LogP contribution in [0.1, 0.15) is 44.7 Å². The maximum Gasteiger partial charge on any atom is 0.191 e. The van der Waals surface area contributed by atoms with Crippen molar-refractivity contribution >= 4 is 29.9 Å². The molecule has 0 bridgehead atoms. The first kappa shape index (κ1) is 20.2. The van der Waals surface area contributed by atoms with Gasteiger partial charge in [-0.05, 0) is 44.2 Å². The van der Waals surface area contributed by atoms with Crippen LogP contribution in [0.4, 0.5) is 0 Å². The van der Waals surface area contributed by atoms with E-state index in [0.717, 1.165) is 44.9 Å². The van der Waals surface area contributed by atoms with Crippen LogP contribution in [0, 0.1) is 0 Å². The number of rotatable bonds is 6. The Labute approximate surface area is 157 Å². The van der Waals surface area contributed by atoms with Crippen LogP contribution in [-0.2, 0) is 17.7 Å². The van der Waals surface area contributed by atoms with Crippen LogP contribution in [0.25, 0.3) is 0 Å². The third kappa shape index (κ3) is 6.30. The van der Waals surface area contributed by atoms with E-state index < -0.39 is 0 Å². The third-order valence-electron chi connectivity index (χ3n) is 4.18. The van der Waals surface area contributed by atoms with E-state index in [0.29, 0.717) is 6.54 Å². The summed E-state index contributed by atoms with van der Waals surface area (Å²) in [5.74, 6) is 0.866. The molecule has 0 aromatic heterocycles. The van der Waals surface area contributed by atoms with Gasteiger partial charge in [0.05, 0.1) is 12.1 Å². The van der Waals surface area contributed by atoms with Gasteiger partial charge < -0.3 is 15.4 Å². The molecule has 2 rings (SSSR count). The number of ether oxygens (including phenoxy) is 1. The SMILES string of the molecule is CCNC(=NCc1ccccc1CC)NCC1(C)CCCO1.I. The normalized spacial score (nSPS) is 20.9. The average Bonchev–Trinajstić information content (AvgIpc) is 2.97. The van der Waals surface area contributed by atoms with Crippen molar-refractivity contribution in [2.24, 2.45) is 4.99 Å². The van der Waals surface area contributed by atoms with E-state index in [-0.39, 0.29) is 29.6 Å². The van der Waals surface area contributed by atoms with Crippen molar-refractivity contribution in [2.45, 2.75) is 52.2 Å². The van der Waals surface area contributed by atoms with Gasteiger partial charge in [0.1, 0.15) is 0 Å². The molecule has 1 atom stereocenters. The molecule has 1 aromatic rings. The molecule has 1 aliphatic heterocycles. The van der Waals surface area contributed by atoms with Crippen LogP contribution in [-0.4, -0.2) is 31.3 Å². The zero-order valence-electron chi connectivity index (χ0n) is 14.5. The summed E-state index contributed by atoms with van der Waals surface area (Å²) in [6.45, 7) is 9.68. The van der Waals surface area contributed by atoms with Gasteiger partial charge in [-0.15, -0.1) is 24.0 Å². The van der Waals surface area contributed by atoms with Crippen LogP contribution in [0.5, 0.6) is 0 Å². The predicted molar refractivity (Wildman–Crippen MR) is 108 cm³/mol. The van der Waals surface area contributed by atoms with Gasteiger partial charge in [-0.1, -0.05) is 31.2 Å². The maximum atomic E-state index is 5.82. The highest BCUT2D eigenvalue weighted by Crippen LogP contribution is 2.23. The summed E-state index contributed by atoms with van der Waals surface area (Å²) in [6, 6.07) is 8.51. The van der Waals surface area contributed by atoms with Crippen molar-refractivity contribution in [1.29, 1.82) is 0 Å². The zero-order chi connectivity index (χ0) is 15.8. The Morgan fingerprint density at radius 1 is 1.22 bits per heavy atom. The second-order valence-electron chi connectivity index (χ2n) is 6.07. The van der Waals surface area contributed by atoms with E-state index >= 15 is 0 Å². The molecule has 0 radical (unpaired) electrons. The summed E-state index contributed by atoms with van der Waals surface area (Å²) in [5.41, 5.74) is 2.61. The first-order valence-corrected chi connectivity index (χ1v) is 8.40. The molecule has 0 saturated carbocycles. The molecule has 1 fully saturated rings. The standard InChI is InChI=1S/C18H29N3O.HI/c1-4-15-9-6-7-10-16(15)13-20-17(19-5-2)21-14-18(3)11-8-12-22-18;/h6-7,9-10H,4-5,8,11-14H2,1-3H3,(H2,19,20,21);1H. The number of aryl methyl sites for hydroxylation is 1. The topological polar surface area (TPSA) is 45.7 Å². The summed E-state index contributed by atoms with van der Waals surface area (Å²) in [7, 11) is 0. The second kappa shape index (κ2) is 10.1. The van der Waals surface area contributed by atoms with Crippen molar-refractivity contribution < 1.29 is 4.74 Å². The minimum Gasteiger partial charge on any atom is -0.373 e. The fraction of sp³-hybridized carbons (Fsp3) is 0.611. The fourth-order valence-electron chi connectivity index (χ4n) is 2.81. The van der Waals surface area contributed by atoms with Gasteiger partial charge in [-0.3, -0.25) is 0 Å². The second-order valence-corrected chi connectivity index (χ2v) is 6.07. The highest BCUT2D eigenvalue weighted by atomic mass is 127. The molecular formula is C18H30IN3O. The minimum atomic E-state index is -0.0580. The average molecular weight is 431 g/mol. The van der Waals surface area contributed by atoms with Gasteiger partial charge >= 0.3 is 0 Å². The molecule has 1 aromatic carbocycles. The van der Waals surface area contributed by atoms with Crippen molar-refractivity contribution in [2.75, 3.05) is 19.7 Å². The van der Waals surface area contributed by atoms with E-state index in [1.165, 1.54) is 11.1 Å². The number of hydrogen-bond donors (Lipinski definition) is 2. The minimum absolute atomic E-state index is 0. The van der Waals surface area contributed by atoms with Gasteiger partial charge in [-0.25, -0.2) is 4.99 Å². The van der Waals surface area contributed by atoms with Crippen molar-refractivity contribution in [3.8, 4) is 0 Å². The Hall–Kier alpha value is -0.820. The summed E-state index contributed by atoms with van der Waals surface area (Å²) < 4.78 is 5.82. The Bertz CT molecular complexity index is 499. The highest BCUT2D eigenvalue weighted by molar-refractivity contribution is 14.0. The molecule has 1 aliphatic rings. The predicted octanol–water partition coefficient (Wildman–Crippen LogP) is 3.49. The summed E-state index contributed by atoms with van der Waals surface area (Å²) >= 11 is 0. The van der Waals surface area contributed by atoms with Crippen LogP contribution in [0.3, 0.4) is 0 Å². The fourth-order valence-corrected chi connectivity index (χ4v) is 2.81. The summed E-state index contributed by atoms with van der Waals surface area (Å²) in [4.78, 5) is 4.72. The smallest absolute Gasteiger partial charge is 0.191 e. The van der Waals surface area contributed by atoms with Gasteiger partial charge in [0.25, 0.3) is 0 Å². The van der Waals surface area contributed by atoms with Gasteiger partial charge in [0, 0.05) is 19.7 Å². The lowest BCUT2D eigenvalue weighted by Crippen LogP contribution is -2.45. The molecule has 23 heavy (non-hydrogen) atoms. The molecule has 0 spiro atoms. The Morgan fingerprint density at radius 3 is 2.57 bits per heavy atom. The van der Waals surface area contributed by atoms with E-state index in [4.69, 9.17) is 9.73 Å². The molecular weight excluding hydrogens is 401 g/mol. The lowest BCUT2D eigenvalue weighted by Gasteiger charge is -2.24.